The van der Waals surface area contributed by atoms with Gasteiger partial charge in [-0.15, -0.1) is 0 Å². The minimum absolute atomic E-state index is 0.108. The van der Waals surface area contributed by atoms with Crippen LogP contribution in [0.1, 0.15) is 112 Å². The molecule has 0 saturated carbocycles. The number of rotatable bonds is 6. The molecular formula is C49H54ClN7O5. The summed E-state index contributed by atoms with van der Waals surface area (Å²) in [6.45, 7) is 9.90. The highest BCUT2D eigenvalue weighted by Crippen LogP contribution is 2.48. The van der Waals surface area contributed by atoms with Crippen molar-refractivity contribution in [2.24, 2.45) is 16.7 Å². The number of nitriles is 1. The van der Waals surface area contributed by atoms with Gasteiger partial charge in [0.1, 0.15) is 12.1 Å². The summed E-state index contributed by atoms with van der Waals surface area (Å²) in [7, 11) is 0. The molecule has 2 atom stereocenters. The summed E-state index contributed by atoms with van der Waals surface area (Å²) in [4.78, 5) is 75.3. The summed E-state index contributed by atoms with van der Waals surface area (Å²) in [5, 5.41) is 12.1. The van der Waals surface area contributed by atoms with E-state index in [1.807, 2.05) is 47.4 Å². The highest BCUT2D eigenvalue weighted by atomic mass is 35.5. The maximum Gasteiger partial charge on any atom is 0.262 e. The molecule has 0 aromatic heterocycles. The van der Waals surface area contributed by atoms with Crippen LogP contribution in [0.5, 0.6) is 0 Å². The number of fused-ring (bicyclic) bond motifs is 2. The van der Waals surface area contributed by atoms with E-state index in [1.54, 1.807) is 0 Å². The van der Waals surface area contributed by atoms with Gasteiger partial charge in [-0.1, -0.05) is 11.6 Å². The topological polar surface area (TPSA) is 137 Å². The van der Waals surface area contributed by atoms with Gasteiger partial charge in [0, 0.05) is 68.7 Å². The van der Waals surface area contributed by atoms with E-state index >= 15 is 0 Å². The molecule has 3 aromatic rings. The second kappa shape index (κ2) is 15.8. The molecular weight excluding hydrogens is 802 g/mol. The van der Waals surface area contributed by atoms with Gasteiger partial charge in [0.25, 0.3) is 17.7 Å². The normalized spacial score (nSPS) is 24.8. The molecule has 62 heavy (non-hydrogen) atoms. The SMILES string of the molecule is C[C@H]1CC2(CCN(c3ccc(C(=O)N4CCC(CN5CCC6(CC5)Cc5cc7c(cc5C6)C(=O)N(C5CCC(=O)NC5=O)C7=O)CC4)cc3)CC2)CN1c1ccc(C#N)c(Cl)c1. The van der Waals surface area contributed by atoms with Crippen LogP contribution in [-0.4, -0.2) is 109 Å². The lowest BCUT2D eigenvalue weighted by Crippen LogP contribution is -2.54. The first kappa shape index (κ1) is 40.8. The van der Waals surface area contributed by atoms with Crippen LogP contribution in [0.4, 0.5) is 11.4 Å². The van der Waals surface area contributed by atoms with Gasteiger partial charge in [-0.05, 0) is 167 Å². The molecule has 5 fully saturated rings. The van der Waals surface area contributed by atoms with Crippen LogP contribution in [-0.2, 0) is 22.4 Å². The molecule has 1 N–H and O–H groups in total. The fourth-order valence-electron chi connectivity index (χ4n) is 12.1. The quantitative estimate of drug-likeness (QED) is 0.286. The van der Waals surface area contributed by atoms with Crippen molar-refractivity contribution in [3.63, 3.8) is 0 Å². The molecule has 5 saturated heterocycles. The van der Waals surface area contributed by atoms with Gasteiger partial charge in [0.2, 0.25) is 11.8 Å². The van der Waals surface area contributed by atoms with Crippen LogP contribution in [0.25, 0.3) is 0 Å². The lowest BCUT2D eigenvalue weighted by molar-refractivity contribution is -0.136. The zero-order valence-corrected chi connectivity index (χ0v) is 36.2. The van der Waals surface area contributed by atoms with Crippen LogP contribution < -0.4 is 15.1 Å². The Labute approximate surface area is 368 Å². The fourth-order valence-corrected chi connectivity index (χ4v) is 12.3. The Morgan fingerprint density at radius 2 is 1.44 bits per heavy atom. The van der Waals surface area contributed by atoms with E-state index in [1.165, 1.54) is 5.69 Å². The van der Waals surface area contributed by atoms with Crippen LogP contribution >= 0.6 is 11.6 Å². The summed E-state index contributed by atoms with van der Waals surface area (Å²) in [5.41, 5.74) is 6.95. The number of anilines is 2. The summed E-state index contributed by atoms with van der Waals surface area (Å²) < 4.78 is 0. The number of nitrogens with zero attached hydrogens (tertiary/aromatic N) is 6. The molecule has 322 valence electrons. The van der Waals surface area contributed by atoms with E-state index in [2.05, 4.69) is 45.1 Å². The molecule has 2 spiro atoms. The van der Waals surface area contributed by atoms with Crippen LogP contribution in [0, 0.1) is 28.1 Å². The first-order valence-corrected chi connectivity index (χ1v) is 23.0. The lowest BCUT2D eigenvalue weighted by atomic mass is 9.75. The van der Waals surface area contributed by atoms with E-state index in [0.29, 0.717) is 33.7 Å². The highest BCUT2D eigenvalue weighted by Gasteiger charge is 2.48. The molecule has 0 radical (unpaired) electrons. The van der Waals surface area contributed by atoms with Gasteiger partial charge >= 0.3 is 0 Å². The third-order valence-corrected chi connectivity index (χ3v) is 16.0. The number of nitrogens with one attached hydrogen (secondary N) is 1. The second-order valence-corrected chi connectivity index (χ2v) is 19.9. The van der Waals surface area contributed by atoms with Crippen LogP contribution in [0.2, 0.25) is 5.02 Å². The van der Waals surface area contributed by atoms with Crippen molar-refractivity contribution in [1.29, 1.82) is 5.26 Å². The number of imide groups is 2. The second-order valence-electron chi connectivity index (χ2n) is 19.5. The van der Waals surface area contributed by atoms with Gasteiger partial charge in [-0.25, -0.2) is 0 Å². The molecule has 5 amide bonds. The van der Waals surface area contributed by atoms with E-state index in [0.717, 1.165) is 137 Å². The van der Waals surface area contributed by atoms with Crippen molar-refractivity contribution in [1.82, 2.24) is 20.0 Å². The third-order valence-electron chi connectivity index (χ3n) is 15.7. The summed E-state index contributed by atoms with van der Waals surface area (Å²) >= 11 is 6.39. The molecule has 0 bridgehead atoms. The number of likely N-dealkylation sites (tertiary alicyclic amines) is 2. The standard InChI is InChI=1S/C49H54ClN7O5/c1-31-25-49(30-56(31)38-7-4-34(28-51)41(50)24-38)14-20-54(21-15-49)37-5-2-33(3-6-37)45(60)55-16-10-32(11-17-55)29-53-18-12-48(13-19-53)26-35-22-39-40(23-36(35)27-48)47(62)57(46(39)61)42-8-9-43(58)52-44(42)59/h2-7,22-24,31-32,42H,8-21,25-27,29-30H2,1H3,(H,52,58,59)/t31-,42?/m0/s1. The van der Waals surface area contributed by atoms with Crippen molar-refractivity contribution in [3.05, 3.63) is 93.0 Å². The number of amides is 5. The summed E-state index contributed by atoms with van der Waals surface area (Å²) in [6, 6.07) is 19.5. The smallest absolute Gasteiger partial charge is 0.262 e. The van der Waals surface area contributed by atoms with Crippen molar-refractivity contribution in [3.8, 4) is 6.07 Å². The summed E-state index contributed by atoms with van der Waals surface area (Å²) in [5.74, 6) is -1.16. The van der Waals surface area contributed by atoms with Gasteiger partial charge in [-0.3, -0.25) is 34.2 Å². The van der Waals surface area contributed by atoms with Crippen molar-refractivity contribution < 1.29 is 24.0 Å². The number of carbonyl (C=O) groups is 5. The van der Waals surface area contributed by atoms with Crippen molar-refractivity contribution in [2.45, 2.75) is 89.6 Å². The van der Waals surface area contributed by atoms with Gasteiger partial charge in [-0.2, -0.15) is 5.26 Å². The molecule has 6 heterocycles. The zero-order valence-electron chi connectivity index (χ0n) is 35.5. The molecule has 1 unspecified atom stereocenters. The Bertz CT molecular complexity index is 2340. The summed E-state index contributed by atoms with van der Waals surface area (Å²) in [6.07, 6.45) is 9.56. The molecule has 10 rings (SSSR count). The Hall–Kier alpha value is -5.25. The first-order chi connectivity index (χ1) is 29.9. The number of hydrogen-bond donors (Lipinski definition) is 1. The third kappa shape index (κ3) is 7.34. The van der Waals surface area contributed by atoms with Gasteiger partial charge in [0.05, 0.1) is 21.7 Å². The van der Waals surface area contributed by atoms with Gasteiger partial charge in [0.15, 0.2) is 0 Å². The highest BCUT2D eigenvalue weighted by molar-refractivity contribution is 6.32. The average molecular weight is 856 g/mol. The van der Waals surface area contributed by atoms with E-state index in [9.17, 15) is 29.2 Å². The Morgan fingerprint density at radius 3 is 2.05 bits per heavy atom. The molecule has 13 heteroatoms. The number of piperidine rings is 4. The Balaban J connectivity index is 0.672. The maximum absolute atomic E-state index is 13.6. The average Bonchev–Trinajstić information content (AvgIpc) is 3.88. The predicted molar refractivity (Wildman–Crippen MR) is 235 cm³/mol. The zero-order chi connectivity index (χ0) is 42.9. The molecule has 6 aliphatic heterocycles. The van der Waals surface area contributed by atoms with E-state index in [4.69, 9.17) is 11.6 Å². The minimum atomic E-state index is -0.949. The number of benzene rings is 3. The van der Waals surface area contributed by atoms with E-state index < -0.39 is 23.8 Å². The molecule has 3 aromatic carbocycles. The first-order valence-electron chi connectivity index (χ1n) is 22.6. The van der Waals surface area contributed by atoms with Crippen molar-refractivity contribution in [2.75, 3.05) is 62.2 Å². The molecule has 1 aliphatic carbocycles. The number of halogens is 1. The van der Waals surface area contributed by atoms with Crippen molar-refractivity contribution >= 4 is 52.5 Å². The number of carbonyl (C=O) groups excluding carboxylic acids is 5. The lowest BCUT2D eigenvalue weighted by Gasteiger charge is -2.42. The molecule has 12 nitrogen and oxygen atoms in total. The van der Waals surface area contributed by atoms with Crippen LogP contribution in [0.15, 0.2) is 54.6 Å². The minimum Gasteiger partial charge on any atom is -0.371 e. The Morgan fingerprint density at radius 1 is 0.806 bits per heavy atom. The van der Waals surface area contributed by atoms with Gasteiger partial charge < -0.3 is 19.6 Å². The molecule has 7 aliphatic rings. The van der Waals surface area contributed by atoms with E-state index in [-0.39, 0.29) is 35.5 Å². The monoisotopic (exact) mass is 855 g/mol. The largest absolute Gasteiger partial charge is 0.371 e. The predicted octanol–water partition coefficient (Wildman–Crippen LogP) is 6.23. The van der Waals surface area contributed by atoms with Crippen LogP contribution in [0.3, 0.4) is 0 Å². The maximum atomic E-state index is 13.6. The number of hydrogen-bond acceptors (Lipinski definition) is 9. The Kier molecular flexibility index (Phi) is 10.4. The fraction of sp³-hybridized carbons (Fsp3) is 0.510.